The van der Waals surface area contributed by atoms with E-state index in [0.29, 0.717) is 0 Å². The molecule has 1 aliphatic rings. The summed E-state index contributed by atoms with van der Waals surface area (Å²) in [4.78, 5) is 31.3. The highest BCUT2D eigenvalue weighted by atomic mass is 16.4. The fourth-order valence-corrected chi connectivity index (χ4v) is 2.65. The van der Waals surface area contributed by atoms with E-state index in [1.807, 2.05) is 25.3 Å². The molecule has 1 aliphatic heterocycles. The lowest BCUT2D eigenvalue weighted by molar-refractivity contribution is -0.150. The molecule has 1 atom stereocenters. The zero-order chi connectivity index (χ0) is 16.3. The molecule has 6 heteroatoms. The van der Waals surface area contributed by atoms with E-state index in [2.05, 4.69) is 9.88 Å². The van der Waals surface area contributed by atoms with Gasteiger partial charge in [-0.25, -0.2) is 9.78 Å². The number of carbonyl (C=O) groups is 2. The van der Waals surface area contributed by atoms with E-state index in [0.717, 1.165) is 37.3 Å². The van der Waals surface area contributed by atoms with Crippen LogP contribution in [0.5, 0.6) is 0 Å². The Balaban J connectivity index is 1.93. The zero-order valence-electron chi connectivity index (χ0n) is 13.3. The number of amides is 1. The van der Waals surface area contributed by atoms with Gasteiger partial charge in [-0.2, -0.15) is 0 Å². The maximum absolute atomic E-state index is 12.4. The van der Waals surface area contributed by atoms with E-state index in [4.69, 9.17) is 5.11 Å². The van der Waals surface area contributed by atoms with Crippen LogP contribution in [0.1, 0.15) is 25.3 Å². The molecule has 2 rings (SSSR count). The van der Waals surface area contributed by atoms with Crippen molar-refractivity contribution in [1.29, 1.82) is 0 Å². The Morgan fingerprint density at radius 2 is 2.00 bits per heavy atom. The Morgan fingerprint density at radius 3 is 2.50 bits per heavy atom. The van der Waals surface area contributed by atoms with Gasteiger partial charge in [-0.1, -0.05) is 6.07 Å². The number of hydrogen-bond acceptors (Lipinski definition) is 4. The van der Waals surface area contributed by atoms with E-state index in [-0.39, 0.29) is 11.8 Å². The molecule has 1 aromatic heterocycles. The summed E-state index contributed by atoms with van der Waals surface area (Å²) in [5.74, 6) is -0.221. The van der Waals surface area contributed by atoms with Gasteiger partial charge in [0.15, 0.2) is 0 Å². The van der Waals surface area contributed by atoms with Crippen molar-refractivity contribution < 1.29 is 14.7 Å². The Bertz CT molecular complexity index is 536. The minimum Gasteiger partial charge on any atom is -0.480 e. The van der Waals surface area contributed by atoms with E-state index in [9.17, 15) is 9.59 Å². The standard InChI is InChI=1S/C16H23N3O3/c1-11-4-5-14(17-10-11)19-8-6-13(7-9-19)15(20)18(3)12(2)16(21)22/h4-5,10,12-13H,6-9H2,1-3H3,(H,21,22)/t12-/m0/s1. The van der Waals surface area contributed by atoms with Crippen molar-refractivity contribution in [2.75, 3.05) is 25.0 Å². The van der Waals surface area contributed by atoms with Gasteiger partial charge in [-0.15, -0.1) is 0 Å². The zero-order valence-corrected chi connectivity index (χ0v) is 13.3. The van der Waals surface area contributed by atoms with Crippen LogP contribution in [0.4, 0.5) is 5.82 Å². The Hall–Kier alpha value is -2.11. The number of aromatic nitrogens is 1. The second-order valence-corrected chi connectivity index (χ2v) is 5.92. The summed E-state index contributed by atoms with van der Waals surface area (Å²) in [5.41, 5.74) is 1.12. The first-order valence-corrected chi connectivity index (χ1v) is 7.57. The summed E-state index contributed by atoms with van der Waals surface area (Å²) in [6.45, 7) is 5.07. The largest absolute Gasteiger partial charge is 0.480 e. The highest BCUT2D eigenvalue weighted by Gasteiger charge is 2.31. The highest BCUT2D eigenvalue weighted by molar-refractivity contribution is 5.84. The molecule has 0 spiro atoms. The lowest BCUT2D eigenvalue weighted by Gasteiger charge is -2.34. The Morgan fingerprint density at radius 1 is 1.36 bits per heavy atom. The predicted octanol–water partition coefficient (Wildman–Crippen LogP) is 1.54. The molecule has 120 valence electrons. The average Bonchev–Trinajstić information content (AvgIpc) is 2.53. The molecular formula is C16H23N3O3. The lowest BCUT2D eigenvalue weighted by Crippen LogP contribution is -2.46. The molecule has 1 aromatic rings. The van der Waals surface area contributed by atoms with Gasteiger partial charge >= 0.3 is 5.97 Å². The van der Waals surface area contributed by atoms with Crippen molar-refractivity contribution in [1.82, 2.24) is 9.88 Å². The highest BCUT2D eigenvalue weighted by Crippen LogP contribution is 2.23. The number of carboxylic acids is 1. The molecule has 0 aliphatic carbocycles. The van der Waals surface area contributed by atoms with E-state index < -0.39 is 12.0 Å². The molecule has 0 radical (unpaired) electrons. The summed E-state index contributed by atoms with van der Waals surface area (Å²) in [7, 11) is 1.56. The van der Waals surface area contributed by atoms with Gasteiger partial charge in [-0.3, -0.25) is 4.79 Å². The maximum Gasteiger partial charge on any atom is 0.326 e. The molecule has 0 bridgehead atoms. The van der Waals surface area contributed by atoms with Gasteiger partial charge in [0, 0.05) is 32.3 Å². The maximum atomic E-state index is 12.4. The second-order valence-electron chi connectivity index (χ2n) is 5.92. The first kappa shape index (κ1) is 16.3. The van der Waals surface area contributed by atoms with Crippen molar-refractivity contribution in [3.63, 3.8) is 0 Å². The number of carbonyl (C=O) groups excluding carboxylic acids is 1. The van der Waals surface area contributed by atoms with Gasteiger partial charge in [0.2, 0.25) is 5.91 Å². The van der Waals surface area contributed by atoms with Crippen molar-refractivity contribution in [3.05, 3.63) is 23.9 Å². The van der Waals surface area contributed by atoms with E-state index in [1.54, 1.807) is 7.05 Å². The van der Waals surface area contributed by atoms with Crippen LogP contribution in [0, 0.1) is 12.8 Å². The molecule has 6 nitrogen and oxygen atoms in total. The van der Waals surface area contributed by atoms with E-state index >= 15 is 0 Å². The summed E-state index contributed by atoms with van der Waals surface area (Å²) < 4.78 is 0. The SMILES string of the molecule is Cc1ccc(N2CCC(C(=O)N(C)[C@@H](C)C(=O)O)CC2)nc1. The molecule has 1 N–H and O–H groups in total. The molecule has 1 amide bonds. The third kappa shape index (κ3) is 3.55. The number of pyridine rings is 1. The Labute approximate surface area is 130 Å². The summed E-state index contributed by atoms with van der Waals surface area (Å²) in [5, 5.41) is 9.00. The van der Waals surface area contributed by atoms with Gasteiger partial charge < -0.3 is 14.9 Å². The quantitative estimate of drug-likeness (QED) is 0.913. The predicted molar refractivity (Wildman–Crippen MR) is 83.8 cm³/mol. The third-order valence-electron chi connectivity index (χ3n) is 4.35. The van der Waals surface area contributed by atoms with Crippen molar-refractivity contribution >= 4 is 17.7 Å². The molecule has 0 saturated carbocycles. The van der Waals surface area contributed by atoms with Crippen molar-refractivity contribution in [2.45, 2.75) is 32.7 Å². The summed E-state index contributed by atoms with van der Waals surface area (Å²) in [6.07, 6.45) is 3.30. The molecule has 0 unspecified atom stereocenters. The number of aryl methyl sites for hydroxylation is 1. The number of nitrogens with zero attached hydrogens (tertiary/aromatic N) is 3. The van der Waals surface area contributed by atoms with Crippen LogP contribution in [-0.2, 0) is 9.59 Å². The number of anilines is 1. The molecule has 2 heterocycles. The summed E-state index contributed by atoms with van der Waals surface area (Å²) in [6, 6.07) is 3.24. The van der Waals surface area contributed by atoms with Gasteiger partial charge in [0.05, 0.1) is 0 Å². The van der Waals surface area contributed by atoms with Crippen LogP contribution in [0.3, 0.4) is 0 Å². The van der Waals surface area contributed by atoms with Crippen LogP contribution >= 0.6 is 0 Å². The molecule has 0 aromatic carbocycles. The number of piperidine rings is 1. The average molecular weight is 305 g/mol. The molecule has 1 fully saturated rings. The van der Waals surface area contributed by atoms with Gasteiger partial charge in [-0.05, 0) is 38.3 Å². The fraction of sp³-hybridized carbons (Fsp3) is 0.562. The van der Waals surface area contributed by atoms with Gasteiger partial charge in [0.25, 0.3) is 0 Å². The molecule has 22 heavy (non-hydrogen) atoms. The molecular weight excluding hydrogens is 282 g/mol. The number of aliphatic carboxylic acids is 1. The molecule has 1 saturated heterocycles. The monoisotopic (exact) mass is 305 g/mol. The van der Waals surface area contributed by atoms with Crippen LogP contribution in [0.25, 0.3) is 0 Å². The normalized spacial score (nSPS) is 17.1. The first-order chi connectivity index (χ1) is 10.4. The lowest BCUT2D eigenvalue weighted by atomic mass is 9.95. The minimum atomic E-state index is -0.975. The van der Waals surface area contributed by atoms with Crippen LogP contribution in [0.2, 0.25) is 0 Å². The number of hydrogen-bond donors (Lipinski definition) is 1. The number of rotatable bonds is 4. The minimum absolute atomic E-state index is 0.0774. The van der Waals surface area contributed by atoms with Crippen molar-refractivity contribution in [2.24, 2.45) is 5.92 Å². The van der Waals surface area contributed by atoms with E-state index in [1.165, 1.54) is 11.8 Å². The second kappa shape index (κ2) is 6.77. The van der Waals surface area contributed by atoms with Crippen LogP contribution in [-0.4, -0.2) is 53.0 Å². The first-order valence-electron chi connectivity index (χ1n) is 7.57. The smallest absolute Gasteiger partial charge is 0.326 e. The third-order valence-corrected chi connectivity index (χ3v) is 4.35. The van der Waals surface area contributed by atoms with Crippen LogP contribution in [0.15, 0.2) is 18.3 Å². The number of carboxylic acid groups (broad SMARTS) is 1. The topological polar surface area (TPSA) is 73.7 Å². The number of likely N-dealkylation sites (N-methyl/N-ethyl adjacent to an activating group) is 1. The van der Waals surface area contributed by atoms with Gasteiger partial charge in [0.1, 0.15) is 11.9 Å². The van der Waals surface area contributed by atoms with Crippen molar-refractivity contribution in [3.8, 4) is 0 Å². The Kier molecular flexibility index (Phi) is 5.00. The van der Waals surface area contributed by atoms with Crippen LogP contribution < -0.4 is 4.90 Å². The summed E-state index contributed by atoms with van der Waals surface area (Å²) >= 11 is 0. The fourth-order valence-electron chi connectivity index (χ4n) is 2.65.